The summed E-state index contributed by atoms with van der Waals surface area (Å²) in [4.78, 5) is 11.8. The molecule has 0 unspecified atom stereocenters. The first-order chi connectivity index (χ1) is 7.70. The number of esters is 1. The molecule has 5 heteroatoms. The monoisotopic (exact) mass is 460 g/mol. The number of benzene rings is 1. The average molecular weight is 460 g/mol. The minimum absolute atomic E-state index is 0.0487. The summed E-state index contributed by atoms with van der Waals surface area (Å²) < 4.78 is 6.52. The van der Waals surface area contributed by atoms with E-state index in [1.54, 1.807) is 12.1 Å². The third-order valence-electron chi connectivity index (χ3n) is 1.89. The molecule has 1 aromatic rings. The molecule has 1 aromatic carbocycles. The molecule has 0 saturated heterocycles. The second kappa shape index (κ2) is 5.73. The zero-order chi connectivity index (χ0) is 13.2. The SMILES string of the molecule is CC(C)(C)COC(=O)c1cc(I)c(O)c(I)c1. The molecule has 17 heavy (non-hydrogen) atoms. The van der Waals surface area contributed by atoms with E-state index in [4.69, 9.17) is 4.74 Å². The first-order valence-electron chi connectivity index (χ1n) is 5.06. The summed E-state index contributed by atoms with van der Waals surface area (Å²) in [7, 11) is 0. The van der Waals surface area contributed by atoms with E-state index in [0.717, 1.165) is 0 Å². The van der Waals surface area contributed by atoms with Crippen molar-refractivity contribution in [3.63, 3.8) is 0 Å². The van der Waals surface area contributed by atoms with Gasteiger partial charge in [-0.2, -0.15) is 0 Å². The van der Waals surface area contributed by atoms with Crippen molar-refractivity contribution in [3.05, 3.63) is 24.8 Å². The summed E-state index contributed by atoms with van der Waals surface area (Å²) in [6, 6.07) is 3.26. The van der Waals surface area contributed by atoms with Gasteiger partial charge in [0.05, 0.1) is 19.3 Å². The molecule has 0 aliphatic carbocycles. The van der Waals surface area contributed by atoms with Crippen LogP contribution in [0.1, 0.15) is 31.1 Å². The molecule has 0 aliphatic rings. The fourth-order valence-corrected chi connectivity index (χ4v) is 2.82. The Morgan fingerprint density at radius 2 is 1.76 bits per heavy atom. The van der Waals surface area contributed by atoms with E-state index in [2.05, 4.69) is 0 Å². The minimum atomic E-state index is -0.351. The normalized spacial score (nSPS) is 11.4. The van der Waals surface area contributed by atoms with E-state index in [9.17, 15) is 9.90 Å². The fraction of sp³-hybridized carbons (Fsp3) is 0.417. The molecule has 1 N–H and O–H groups in total. The highest BCUT2D eigenvalue weighted by Gasteiger charge is 2.17. The van der Waals surface area contributed by atoms with Gasteiger partial charge < -0.3 is 9.84 Å². The van der Waals surface area contributed by atoms with Gasteiger partial charge in [-0.3, -0.25) is 0 Å². The van der Waals surface area contributed by atoms with Crippen molar-refractivity contribution < 1.29 is 14.6 Å². The molecule has 0 atom stereocenters. The van der Waals surface area contributed by atoms with Crippen LogP contribution in [-0.2, 0) is 4.74 Å². The Morgan fingerprint density at radius 3 is 2.18 bits per heavy atom. The lowest BCUT2D eigenvalue weighted by Crippen LogP contribution is -2.18. The molecule has 0 aliphatic heterocycles. The van der Waals surface area contributed by atoms with Gasteiger partial charge in [-0.1, -0.05) is 20.8 Å². The molecule has 0 bridgehead atoms. The Labute approximate surface area is 128 Å². The van der Waals surface area contributed by atoms with Crippen LogP contribution in [0.2, 0.25) is 0 Å². The molecular formula is C12H14I2O3. The lowest BCUT2D eigenvalue weighted by Gasteiger charge is -2.18. The zero-order valence-corrected chi connectivity index (χ0v) is 14.2. The highest BCUT2D eigenvalue weighted by molar-refractivity contribution is 14.1. The standard InChI is InChI=1S/C12H14I2O3/c1-12(2,3)6-17-11(16)7-4-8(13)10(15)9(14)5-7/h4-5,15H,6H2,1-3H3. The largest absolute Gasteiger partial charge is 0.506 e. The lowest BCUT2D eigenvalue weighted by atomic mass is 9.99. The van der Waals surface area contributed by atoms with Crippen LogP contribution in [-0.4, -0.2) is 17.7 Å². The number of aromatic hydroxyl groups is 1. The molecular weight excluding hydrogens is 446 g/mol. The summed E-state index contributed by atoms with van der Waals surface area (Å²) in [5.74, 6) is -0.144. The Balaban J connectivity index is 2.84. The summed E-state index contributed by atoms with van der Waals surface area (Å²) in [5, 5.41) is 9.60. The number of phenols is 1. The van der Waals surface area contributed by atoms with Crippen molar-refractivity contribution in [2.24, 2.45) is 5.41 Å². The first kappa shape index (κ1) is 15.0. The summed E-state index contributed by atoms with van der Waals surface area (Å²) >= 11 is 3.98. The van der Waals surface area contributed by atoms with Crippen LogP contribution in [0.5, 0.6) is 5.75 Å². The molecule has 0 amide bonds. The van der Waals surface area contributed by atoms with Gasteiger partial charge in [0.1, 0.15) is 5.75 Å². The van der Waals surface area contributed by atoms with Crippen molar-refractivity contribution in [1.82, 2.24) is 0 Å². The smallest absolute Gasteiger partial charge is 0.338 e. The van der Waals surface area contributed by atoms with Crippen molar-refractivity contribution in [3.8, 4) is 5.75 Å². The minimum Gasteiger partial charge on any atom is -0.506 e. The number of hydrogen-bond donors (Lipinski definition) is 1. The molecule has 94 valence electrons. The summed E-state index contributed by atoms with van der Waals surface area (Å²) in [5.41, 5.74) is 0.424. The van der Waals surface area contributed by atoms with E-state index in [0.29, 0.717) is 19.3 Å². The Hall–Kier alpha value is -0.0500. The second-order valence-corrected chi connectivity index (χ2v) is 7.25. The van der Waals surface area contributed by atoms with E-state index in [1.807, 2.05) is 66.0 Å². The van der Waals surface area contributed by atoms with Gasteiger partial charge in [0.2, 0.25) is 0 Å². The predicted octanol–water partition coefficient (Wildman–Crippen LogP) is 3.80. The van der Waals surface area contributed by atoms with Gasteiger partial charge >= 0.3 is 5.97 Å². The Kier molecular flexibility index (Phi) is 5.06. The highest BCUT2D eigenvalue weighted by Crippen LogP contribution is 2.27. The summed E-state index contributed by atoms with van der Waals surface area (Å²) in [6.45, 7) is 6.39. The van der Waals surface area contributed by atoms with Crippen molar-refractivity contribution in [1.29, 1.82) is 0 Å². The van der Waals surface area contributed by atoms with E-state index < -0.39 is 0 Å². The third-order valence-corrected chi connectivity index (χ3v) is 3.53. The van der Waals surface area contributed by atoms with Gasteiger partial charge in [-0.15, -0.1) is 0 Å². The lowest BCUT2D eigenvalue weighted by molar-refractivity contribution is 0.0366. The van der Waals surface area contributed by atoms with Gasteiger partial charge in [-0.05, 0) is 62.7 Å². The van der Waals surface area contributed by atoms with Gasteiger partial charge in [0.15, 0.2) is 0 Å². The number of ether oxygens (including phenoxy) is 1. The van der Waals surface area contributed by atoms with Crippen LogP contribution in [0.15, 0.2) is 12.1 Å². The number of carbonyl (C=O) groups is 1. The highest BCUT2D eigenvalue weighted by atomic mass is 127. The molecule has 0 heterocycles. The van der Waals surface area contributed by atoms with Crippen LogP contribution in [0, 0.1) is 12.6 Å². The molecule has 1 rings (SSSR count). The number of rotatable bonds is 2. The maximum atomic E-state index is 11.8. The maximum absolute atomic E-state index is 11.8. The van der Waals surface area contributed by atoms with E-state index >= 15 is 0 Å². The van der Waals surface area contributed by atoms with Crippen LogP contribution in [0.4, 0.5) is 0 Å². The molecule has 0 fully saturated rings. The van der Waals surface area contributed by atoms with E-state index in [1.165, 1.54) is 0 Å². The number of halogens is 2. The predicted molar refractivity (Wildman–Crippen MR) is 83.3 cm³/mol. The maximum Gasteiger partial charge on any atom is 0.338 e. The topological polar surface area (TPSA) is 46.5 Å². The average Bonchev–Trinajstić information content (AvgIpc) is 2.20. The summed E-state index contributed by atoms with van der Waals surface area (Å²) in [6.07, 6.45) is 0. The number of hydrogen-bond acceptors (Lipinski definition) is 3. The molecule has 3 nitrogen and oxygen atoms in total. The Bertz CT molecular complexity index is 413. The third kappa shape index (κ3) is 4.61. The van der Waals surface area contributed by atoms with Crippen LogP contribution in [0.25, 0.3) is 0 Å². The van der Waals surface area contributed by atoms with Gasteiger partial charge in [-0.25, -0.2) is 4.79 Å². The van der Waals surface area contributed by atoms with Crippen LogP contribution < -0.4 is 0 Å². The van der Waals surface area contributed by atoms with Gasteiger partial charge in [0, 0.05) is 0 Å². The van der Waals surface area contributed by atoms with Crippen LogP contribution in [0.3, 0.4) is 0 Å². The number of carbonyl (C=O) groups excluding carboxylic acids is 1. The zero-order valence-electron chi connectivity index (χ0n) is 9.88. The molecule has 0 spiro atoms. The van der Waals surface area contributed by atoms with Crippen LogP contribution >= 0.6 is 45.2 Å². The Morgan fingerprint density at radius 1 is 1.29 bits per heavy atom. The fourth-order valence-electron chi connectivity index (χ4n) is 1.05. The molecule has 0 radical (unpaired) electrons. The first-order valence-corrected chi connectivity index (χ1v) is 7.21. The second-order valence-electron chi connectivity index (χ2n) is 4.93. The molecule has 0 aromatic heterocycles. The van der Waals surface area contributed by atoms with Gasteiger partial charge in [0.25, 0.3) is 0 Å². The van der Waals surface area contributed by atoms with E-state index in [-0.39, 0.29) is 17.1 Å². The van der Waals surface area contributed by atoms with Crippen molar-refractivity contribution in [2.45, 2.75) is 20.8 Å². The molecule has 0 saturated carbocycles. The number of phenolic OH excluding ortho intramolecular Hbond substituents is 1. The van der Waals surface area contributed by atoms with Crippen molar-refractivity contribution >= 4 is 51.2 Å². The quantitative estimate of drug-likeness (QED) is 0.540. The van der Waals surface area contributed by atoms with Crippen molar-refractivity contribution in [2.75, 3.05) is 6.61 Å².